The van der Waals surface area contributed by atoms with E-state index in [-0.39, 0.29) is 5.91 Å². The first kappa shape index (κ1) is 17.3. The van der Waals surface area contributed by atoms with Gasteiger partial charge in [0.1, 0.15) is 5.75 Å². The monoisotopic (exact) mass is 362 g/mol. The van der Waals surface area contributed by atoms with Crippen molar-refractivity contribution in [2.24, 2.45) is 0 Å². The van der Waals surface area contributed by atoms with E-state index in [1.54, 1.807) is 11.8 Å². The molecule has 3 aromatic rings. The highest BCUT2D eigenvalue weighted by Gasteiger charge is 2.31. The van der Waals surface area contributed by atoms with Crippen LogP contribution in [0.4, 0.5) is 11.6 Å². The van der Waals surface area contributed by atoms with Gasteiger partial charge in [0.15, 0.2) is 17.7 Å². The lowest BCUT2D eigenvalue weighted by atomic mass is 10.2. The molecule has 0 bridgehead atoms. The second-order valence-electron chi connectivity index (χ2n) is 6.84. The average molecular weight is 362 g/mol. The summed E-state index contributed by atoms with van der Waals surface area (Å²) in [6, 6.07) is 15.4. The van der Waals surface area contributed by atoms with Crippen LogP contribution in [-0.2, 0) is 4.79 Å². The number of benzene rings is 2. The number of rotatable bonds is 3. The van der Waals surface area contributed by atoms with Crippen LogP contribution < -0.4 is 14.5 Å². The number of ether oxygens (including phenoxy) is 1. The summed E-state index contributed by atoms with van der Waals surface area (Å²) in [4.78, 5) is 26.2. The number of nitrogens with zero attached hydrogens (tertiary/aromatic N) is 4. The van der Waals surface area contributed by atoms with E-state index in [2.05, 4.69) is 0 Å². The molecule has 1 atom stereocenters. The van der Waals surface area contributed by atoms with Crippen molar-refractivity contribution in [2.75, 3.05) is 29.9 Å². The van der Waals surface area contributed by atoms with Crippen LogP contribution in [0.2, 0.25) is 0 Å². The summed E-state index contributed by atoms with van der Waals surface area (Å²) in [6.45, 7) is 5.04. The molecule has 0 saturated heterocycles. The minimum absolute atomic E-state index is 0.116. The molecular formula is C21H22N4O2. The molecule has 138 valence electrons. The number of carbonyl (C=O) groups excluding carboxylic acids is 1. The van der Waals surface area contributed by atoms with Gasteiger partial charge < -0.3 is 9.64 Å². The highest BCUT2D eigenvalue weighted by molar-refractivity contribution is 5.99. The average Bonchev–Trinajstić information content (AvgIpc) is 2.68. The van der Waals surface area contributed by atoms with Crippen molar-refractivity contribution in [3.63, 3.8) is 0 Å². The predicted octanol–water partition coefficient (Wildman–Crippen LogP) is 3.19. The number of likely N-dealkylation sites (N-methyl/N-ethyl adjacent to an activating group) is 1. The first-order valence-corrected chi connectivity index (χ1v) is 9.05. The molecule has 2 aromatic carbocycles. The summed E-state index contributed by atoms with van der Waals surface area (Å²) in [5.74, 6) is 1.87. The predicted molar refractivity (Wildman–Crippen MR) is 106 cm³/mol. The van der Waals surface area contributed by atoms with Crippen LogP contribution in [0.15, 0.2) is 48.5 Å². The highest BCUT2D eigenvalue weighted by Crippen LogP contribution is 2.31. The van der Waals surface area contributed by atoms with Crippen molar-refractivity contribution in [3.8, 4) is 5.75 Å². The van der Waals surface area contributed by atoms with Gasteiger partial charge in [0, 0.05) is 20.1 Å². The van der Waals surface area contributed by atoms with Crippen LogP contribution >= 0.6 is 0 Å². The molecule has 0 spiro atoms. The number of aromatic nitrogens is 2. The maximum Gasteiger partial charge on any atom is 0.269 e. The SMILES string of the molecule is Cc1ccc(O[C@H](C)C(=O)N2CCN(C)c3nc4ccccc4nc32)cc1. The number of para-hydroxylation sites is 2. The third kappa shape index (κ3) is 3.30. The lowest BCUT2D eigenvalue weighted by molar-refractivity contribution is -0.124. The van der Waals surface area contributed by atoms with Gasteiger partial charge in [0.2, 0.25) is 0 Å². The Bertz CT molecular complexity index is 987. The molecule has 6 nitrogen and oxygen atoms in total. The lowest BCUT2D eigenvalue weighted by Gasteiger charge is -2.34. The summed E-state index contributed by atoms with van der Waals surface area (Å²) < 4.78 is 5.86. The van der Waals surface area contributed by atoms with Gasteiger partial charge in [-0.15, -0.1) is 0 Å². The van der Waals surface area contributed by atoms with Gasteiger partial charge in [0.05, 0.1) is 11.0 Å². The maximum absolute atomic E-state index is 13.1. The normalized spacial score (nSPS) is 14.8. The number of hydrogen-bond acceptors (Lipinski definition) is 5. The quantitative estimate of drug-likeness (QED) is 0.716. The van der Waals surface area contributed by atoms with E-state index in [0.717, 1.165) is 22.4 Å². The van der Waals surface area contributed by atoms with Crippen LogP contribution in [0, 0.1) is 6.92 Å². The smallest absolute Gasteiger partial charge is 0.269 e. The fourth-order valence-electron chi connectivity index (χ4n) is 3.19. The summed E-state index contributed by atoms with van der Waals surface area (Å²) in [7, 11) is 1.97. The van der Waals surface area contributed by atoms with E-state index in [1.807, 2.05) is 67.4 Å². The topological polar surface area (TPSA) is 58.6 Å². The van der Waals surface area contributed by atoms with Gasteiger partial charge in [-0.05, 0) is 38.1 Å². The standard InChI is InChI=1S/C21H22N4O2/c1-14-8-10-16(11-9-14)27-15(2)21(26)25-13-12-24(3)19-20(25)23-18-7-5-4-6-17(18)22-19/h4-11,15H,12-13H2,1-3H3/t15-/m1/s1. The summed E-state index contributed by atoms with van der Waals surface area (Å²) in [5.41, 5.74) is 2.74. The molecule has 1 aliphatic rings. The number of carbonyl (C=O) groups is 1. The van der Waals surface area contributed by atoms with Crippen molar-refractivity contribution in [1.29, 1.82) is 0 Å². The van der Waals surface area contributed by atoms with Gasteiger partial charge in [-0.2, -0.15) is 0 Å². The molecule has 2 heterocycles. The van der Waals surface area contributed by atoms with Gasteiger partial charge in [-0.3, -0.25) is 9.69 Å². The fraction of sp³-hybridized carbons (Fsp3) is 0.286. The largest absolute Gasteiger partial charge is 0.481 e. The number of amides is 1. The maximum atomic E-state index is 13.1. The van der Waals surface area contributed by atoms with Crippen LogP contribution in [0.5, 0.6) is 5.75 Å². The molecule has 1 aliphatic heterocycles. The van der Waals surface area contributed by atoms with E-state index >= 15 is 0 Å². The Morgan fingerprint density at radius 1 is 1.00 bits per heavy atom. The van der Waals surface area contributed by atoms with Crippen molar-refractivity contribution < 1.29 is 9.53 Å². The zero-order valence-corrected chi connectivity index (χ0v) is 15.7. The third-order valence-electron chi connectivity index (χ3n) is 4.76. The molecule has 1 amide bonds. The van der Waals surface area contributed by atoms with Crippen molar-refractivity contribution in [1.82, 2.24) is 9.97 Å². The molecule has 0 N–H and O–H groups in total. The minimum atomic E-state index is -0.614. The van der Waals surface area contributed by atoms with Crippen molar-refractivity contribution >= 4 is 28.6 Å². The van der Waals surface area contributed by atoms with E-state index in [1.165, 1.54) is 0 Å². The second-order valence-corrected chi connectivity index (χ2v) is 6.84. The zero-order chi connectivity index (χ0) is 19.0. The molecule has 4 rings (SSSR count). The zero-order valence-electron chi connectivity index (χ0n) is 15.7. The van der Waals surface area contributed by atoms with E-state index in [0.29, 0.717) is 24.7 Å². The molecule has 6 heteroatoms. The molecule has 0 fully saturated rings. The van der Waals surface area contributed by atoms with E-state index in [4.69, 9.17) is 14.7 Å². The fourth-order valence-corrected chi connectivity index (χ4v) is 3.19. The minimum Gasteiger partial charge on any atom is -0.481 e. The first-order chi connectivity index (χ1) is 13.0. The number of fused-ring (bicyclic) bond motifs is 2. The number of hydrogen-bond donors (Lipinski definition) is 0. The Hall–Kier alpha value is -3.15. The molecule has 0 aliphatic carbocycles. The number of aryl methyl sites for hydroxylation is 1. The summed E-state index contributed by atoms with van der Waals surface area (Å²) >= 11 is 0. The van der Waals surface area contributed by atoms with Crippen LogP contribution in [0.3, 0.4) is 0 Å². The molecular weight excluding hydrogens is 340 g/mol. The Balaban J connectivity index is 1.64. The first-order valence-electron chi connectivity index (χ1n) is 9.05. The van der Waals surface area contributed by atoms with Gasteiger partial charge >= 0.3 is 0 Å². The van der Waals surface area contributed by atoms with Gasteiger partial charge in [-0.1, -0.05) is 29.8 Å². The third-order valence-corrected chi connectivity index (χ3v) is 4.76. The van der Waals surface area contributed by atoms with Crippen LogP contribution in [-0.4, -0.2) is 42.1 Å². The van der Waals surface area contributed by atoms with Crippen LogP contribution in [0.25, 0.3) is 11.0 Å². The Kier molecular flexibility index (Phi) is 4.39. The summed E-state index contributed by atoms with van der Waals surface area (Å²) in [6.07, 6.45) is -0.614. The van der Waals surface area contributed by atoms with Gasteiger partial charge in [-0.25, -0.2) is 9.97 Å². The Labute approximate surface area is 158 Å². The lowest BCUT2D eigenvalue weighted by Crippen LogP contribution is -2.48. The second kappa shape index (κ2) is 6.87. The molecule has 0 unspecified atom stereocenters. The summed E-state index contributed by atoms with van der Waals surface area (Å²) in [5, 5.41) is 0. The van der Waals surface area contributed by atoms with Gasteiger partial charge in [0.25, 0.3) is 5.91 Å². The number of anilines is 2. The molecule has 0 saturated carbocycles. The Morgan fingerprint density at radius 2 is 1.63 bits per heavy atom. The molecule has 0 radical (unpaired) electrons. The van der Waals surface area contributed by atoms with Crippen molar-refractivity contribution in [3.05, 3.63) is 54.1 Å². The van der Waals surface area contributed by atoms with Crippen molar-refractivity contribution in [2.45, 2.75) is 20.0 Å². The van der Waals surface area contributed by atoms with Crippen LogP contribution in [0.1, 0.15) is 12.5 Å². The molecule has 27 heavy (non-hydrogen) atoms. The highest BCUT2D eigenvalue weighted by atomic mass is 16.5. The molecule has 1 aromatic heterocycles. The van der Waals surface area contributed by atoms with E-state index in [9.17, 15) is 4.79 Å². The Morgan fingerprint density at radius 3 is 2.30 bits per heavy atom. The van der Waals surface area contributed by atoms with E-state index < -0.39 is 6.10 Å².